The predicted molar refractivity (Wildman–Crippen MR) is 70.7 cm³/mol. The number of nitrogens with zero attached hydrogens (tertiary/aromatic N) is 1. The van der Waals surface area contributed by atoms with E-state index in [0.717, 1.165) is 30.8 Å². The summed E-state index contributed by atoms with van der Waals surface area (Å²) < 4.78 is 0. The normalized spacial score (nSPS) is 24.2. The molecule has 0 aromatic carbocycles. The molecule has 1 saturated carbocycles. The largest absolute Gasteiger partial charge is 0.291 e. The Kier molecular flexibility index (Phi) is 3.05. The van der Waals surface area contributed by atoms with Crippen molar-refractivity contribution >= 4 is 17.1 Å². The van der Waals surface area contributed by atoms with Gasteiger partial charge in [-0.3, -0.25) is 9.69 Å². The monoisotopic (exact) mass is 249 g/mol. The fourth-order valence-electron chi connectivity index (χ4n) is 3.43. The summed E-state index contributed by atoms with van der Waals surface area (Å²) in [5.41, 5.74) is -0.138. The molecule has 2 aliphatic rings. The lowest BCUT2D eigenvalue weighted by atomic mass is 9.89. The van der Waals surface area contributed by atoms with Crippen molar-refractivity contribution in [2.75, 3.05) is 13.1 Å². The van der Waals surface area contributed by atoms with Gasteiger partial charge in [0.15, 0.2) is 5.78 Å². The average Bonchev–Trinajstić information content (AvgIpc) is 3.10. The highest BCUT2D eigenvalue weighted by Gasteiger charge is 2.47. The highest BCUT2D eigenvalue weighted by Crippen LogP contribution is 2.40. The van der Waals surface area contributed by atoms with Crippen LogP contribution in [0.5, 0.6) is 0 Å². The van der Waals surface area contributed by atoms with Crippen molar-refractivity contribution in [1.82, 2.24) is 4.90 Å². The molecule has 0 atom stereocenters. The van der Waals surface area contributed by atoms with Crippen LogP contribution in [0.25, 0.3) is 0 Å². The van der Waals surface area contributed by atoms with Crippen LogP contribution < -0.4 is 0 Å². The third-order valence-corrected chi connectivity index (χ3v) is 5.18. The summed E-state index contributed by atoms with van der Waals surface area (Å²) >= 11 is 1.60. The van der Waals surface area contributed by atoms with E-state index in [2.05, 4.69) is 4.90 Å². The van der Waals surface area contributed by atoms with Gasteiger partial charge in [-0.1, -0.05) is 18.9 Å². The van der Waals surface area contributed by atoms with Crippen LogP contribution in [-0.2, 0) is 0 Å². The highest BCUT2D eigenvalue weighted by molar-refractivity contribution is 7.12. The molecule has 0 amide bonds. The second-order valence-electron chi connectivity index (χ2n) is 5.24. The van der Waals surface area contributed by atoms with E-state index in [1.807, 2.05) is 17.5 Å². The Balaban J connectivity index is 1.91. The van der Waals surface area contributed by atoms with E-state index in [4.69, 9.17) is 0 Å². The molecule has 0 radical (unpaired) electrons. The van der Waals surface area contributed by atoms with Crippen molar-refractivity contribution < 1.29 is 4.79 Å². The van der Waals surface area contributed by atoms with Gasteiger partial charge in [0.05, 0.1) is 10.4 Å². The van der Waals surface area contributed by atoms with Crippen molar-refractivity contribution in [3.63, 3.8) is 0 Å². The lowest BCUT2D eigenvalue weighted by molar-refractivity contribution is 0.0631. The van der Waals surface area contributed by atoms with Crippen molar-refractivity contribution in [2.45, 2.75) is 44.1 Å². The molecular formula is C14H19NOS. The number of hydrogen-bond donors (Lipinski definition) is 0. The van der Waals surface area contributed by atoms with Gasteiger partial charge in [-0.15, -0.1) is 11.3 Å². The van der Waals surface area contributed by atoms with E-state index in [1.54, 1.807) is 11.3 Å². The Bertz CT molecular complexity index is 386. The molecular weight excluding hydrogens is 230 g/mol. The summed E-state index contributed by atoms with van der Waals surface area (Å²) in [5, 5.41) is 2.01. The van der Waals surface area contributed by atoms with Crippen LogP contribution in [0.1, 0.15) is 48.2 Å². The molecule has 3 rings (SSSR count). The maximum atomic E-state index is 12.8. The first-order valence-electron chi connectivity index (χ1n) is 6.66. The number of carbonyl (C=O) groups excluding carboxylic acids is 1. The molecule has 2 fully saturated rings. The topological polar surface area (TPSA) is 20.3 Å². The lowest BCUT2D eigenvalue weighted by Gasteiger charge is -2.37. The van der Waals surface area contributed by atoms with Crippen molar-refractivity contribution in [1.29, 1.82) is 0 Å². The quantitative estimate of drug-likeness (QED) is 0.766. The van der Waals surface area contributed by atoms with Crippen LogP contribution >= 0.6 is 11.3 Å². The van der Waals surface area contributed by atoms with Gasteiger partial charge in [-0.05, 0) is 50.2 Å². The molecule has 2 heterocycles. The number of thiophene rings is 1. The Hall–Kier alpha value is -0.670. The smallest absolute Gasteiger partial charge is 0.192 e. The minimum atomic E-state index is -0.138. The molecule has 0 unspecified atom stereocenters. The third-order valence-electron chi connectivity index (χ3n) is 4.31. The van der Waals surface area contributed by atoms with Crippen LogP contribution in [0.15, 0.2) is 17.5 Å². The molecule has 0 bridgehead atoms. The van der Waals surface area contributed by atoms with Gasteiger partial charge < -0.3 is 0 Å². The van der Waals surface area contributed by atoms with E-state index < -0.39 is 0 Å². The van der Waals surface area contributed by atoms with E-state index >= 15 is 0 Å². The summed E-state index contributed by atoms with van der Waals surface area (Å²) in [6.45, 7) is 2.24. The Labute approximate surface area is 107 Å². The predicted octanol–water partition coefficient (Wildman–Crippen LogP) is 3.34. The first kappa shape index (κ1) is 11.4. The van der Waals surface area contributed by atoms with Crippen LogP contribution in [-0.4, -0.2) is 29.3 Å². The number of Topliss-reactive ketones (excluding diaryl/α,β-unsaturated/α-hetero) is 1. The zero-order valence-electron chi connectivity index (χ0n) is 10.2. The molecule has 3 heteroatoms. The first-order chi connectivity index (χ1) is 8.33. The fourth-order valence-corrected chi connectivity index (χ4v) is 4.19. The highest BCUT2D eigenvalue weighted by atomic mass is 32.1. The van der Waals surface area contributed by atoms with Crippen LogP contribution in [0, 0.1) is 0 Å². The lowest BCUT2D eigenvalue weighted by Crippen LogP contribution is -2.51. The van der Waals surface area contributed by atoms with Crippen molar-refractivity contribution in [2.24, 2.45) is 0 Å². The summed E-state index contributed by atoms with van der Waals surface area (Å²) in [5.74, 6) is 0.395. The number of carbonyl (C=O) groups is 1. The van der Waals surface area contributed by atoms with Crippen LogP contribution in [0.2, 0.25) is 0 Å². The second kappa shape index (κ2) is 4.54. The van der Waals surface area contributed by atoms with Gasteiger partial charge in [-0.2, -0.15) is 0 Å². The number of likely N-dealkylation sites (tertiary alicyclic amines) is 1. The van der Waals surface area contributed by atoms with E-state index in [1.165, 1.54) is 25.7 Å². The number of hydrogen-bond acceptors (Lipinski definition) is 3. The summed E-state index contributed by atoms with van der Waals surface area (Å²) in [6.07, 6.45) is 7.10. The molecule has 0 N–H and O–H groups in total. The summed E-state index contributed by atoms with van der Waals surface area (Å²) in [4.78, 5) is 16.2. The van der Waals surface area contributed by atoms with Gasteiger partial charge >= 0.3 is 0 Å². The maximum Gasteiger partial charge on any atom is 0.192 e. The molecule has 0 spiro atoms. The molecule has 17 heavy (non-hydrogen) atoms. The Morgan fingerprint density at radius 3 is 2.47 bits per heavy atom. The third kappa shape index (κ3) is 1.85. The van der Waals surface area contributed by atoms with Gasteiger partial charge in [0.1, 0.15) is 0 Å². The van der Waals surface area contributed by atoms with Gasteiger partial charge in [-0.25, -0.2) is 0 Å². The van der Waals surface area contributed by atoms with Crippen molar-refractivity contribution in [3.8, 4) is 0 Å². The van der Waals surface area contributed by atoms with E-state index in [-0.39, 0.29) is 5.54 Å². The summed E-state index contributed by atoms with van der Waals surface area (Å²) in [7, 11) is 0. The average molecular weight is 249 g/mol. The van der Waals surface area contributed by atoms with E-state index in [0.29, 0.717) is 5.78 Å². The van der Waals surface area contributed by atoms with Crippen molar-refractivity contribution in [3.05, 3.63) is 22.4 Å². The number of ketones is 1. The SMILES string of the molecule is O=C(c1cccs1)C1(N2CCCC2)CCCC1. The van der Waals surface area contributed by atoms with Gasteiger partial charge in [0.2, 0.25) is 0 Å². The summed E-state index contributed by atoms with van der Waals surface area (Å²) in [6, 6.07) is 3.98. The molecule has 1 aliphatic heterocycles. The first-order valence-corrected chi connectivity index (χ1v) is 7.54. The van der Waals surface area contributed by atoms with Crippen LogP contribution in [0.4, 0.5) is 0 Å². The zero-order valence-corrected chi connectivity index (χ0v) is 11.0. The number of rotatable bonds is 3. The molecule has 1 saturated heterocycles. The molecule has 1 aromatic rings. The zero-order chi connectivity index (χ0) is 11.7. The molecule has 1 aliphatic carbocycles. The van der Waals surface area contributed by atoms with Crippen LogP contribution in [0.3, 0.4) is 0 Å². The molecule has 1 aromatic heterocycles. The van der Waals surface area contributed by atoms with Gasteiger partial charge in [0, 0.05) is 0 Å². The Morgan fingerprint density at radius 1 is 1.18 bits per heavy atom. The fraction of sp³-hybridized carbons (Fsp3) is 0.643. The minimum absolute atomic E-state index is 0.138. The molecule has 92 valence electrons. The standard InChI is InChI=1S/C14H19NOS/c16-13(12-6-5-11-17-12)14(7-1-2-8-14)15-9-3-4-10-15/h5-6,11H,1-4,7-10H2. The molecule has 2 nitrogen and oxygen atoms in total. The van der Waals surface area contributed by atoms with Gasteiger partial charge in [0.25, 0.3) is 0 Å². The second-order valence-corrected chi connectivity index (χ2v) is 6.19. The van der Waals surface area contributed by atoms with E-state index in [9.17, 15) is 4.79 Å². The minimum Gasteiger partial charge on any atom is -0.291 e. The maximum absolute atomic E-state index is 12.8. The Morgan fingerprint density at radius 2 is 1.88 bits per heavy atom.